The first kappa shape index (κ1) is 12.2. The Hall–Kier alpha value is -1.85. The lowest BCUT2D eigenvalue weighted by molar-refractivity contribution is 0.563. The van der Waals surface area contributed by atoms with Crippen molar-refractivity contribution in [1.29, 1.82) is 0 Å². The Balaban J connectivity index is 1.71. The SMILES string of the molecule is CC(NCc1cccnn1)c1cnc2ccsc2c1. The van der Waals surface area contributed by atoms with Crippen molar-refractivity contribution in [2.75, 3.05) is 0 Å². The summed E-state index contributed by atoms with van der Waals surface area (Å²) in [6.45, 7) is 2.84. The van der Waals surface area contributed by atoms with Crippen LogP contribution in [0.2, 0.25) is 0 Å². The molecule has 0 saturated carbocycles. The summed E-state index contributed by atoms with van der Waals surface area (Å²) < 4.78 is 1.23. The highest BCUT2D eigenvalue weighted by Crippen LogP contribution is 2.22. The molecule has 1 N–H and O–H groups in total. The summed E-state index contributed by atoms with van der Waals surface area (Å²) in [7, 11) is 0. The van der Waals surface area contributed by atoms with E-state index < -0.39 is 0 Å². The molecule has 0 aliphatic carbocycles. The monoisotopic (exact) mass is 270 g/mol. The zero-order chi connectivity index (χ0) is 13.1. The van der Waals surface area contributed by atoms with Crippen LogP contribution in [0.25, 0.3) is 10.2 Å². The molecule has 3 rings (SSSR count). The summed E-state index contributed by atoms with van der Waals surface area (Å²) in [6, 6.07) is 8.34. The van der Waals surface area contributed by atoms with Crippen LogP contribution in [-0.4, -0.2) is 15.2 Å². The van der Waals surface area contributed by atoms with E-state index >= 15 is 0 Å². The molecule has 19 heavy (non-hydrogen) atoms. The second kappa shape index (κ2) is 5.42. The smallest absolute Gasteiger partial charge is 0.0809 e. The van der Waals surface area contributed by atoms with Gasteiger partial charge in [-0.05, 0) is 42.1 Å². The van der Waals surface area contributed by atoms with Gasteiger partial charge in [-0.15, -0.1) is 11.3 Å². The van der Waals surface area contributed by atoms with Gasteiger partial charge < -0.3 is 5.32 Å². The fourth-order valence-corrected chi connectivity index (χ4v) is 2.69. The number of aromatic nitrogens is 3. The molecule has 0 aliphatic heterocycles. The third-order valence-electron chi connectivity index (χ3n) is 3.04. The van der Waals surface area contributed by atoms with Gasteiger partial charge in [0.2, 0.25) is 0 Å². The third kappa shape index (κ3) is 2.77. The van der Waals surface area contributed by atoms with Crippen LogP contribution in [-0.2, 0) is 6.54 Å². The summed E-state index contributed by atoms with van der Waals surface area (Å²) >= 11 is 1.72. The molecule has 3 aromatic heterocycles. The van der Waals surface area contributed by atoms with Crippen LogP contribution >= 0.6 is 11.3 Å². The van der Waals surface area contributed by atoms with Crippen molar-refractivity contribution in [2.24, 2.45) is 0 Å². The van der Waals surface area contributed by atoms with Crippen molar-refractivity contribution < 1.29 is 0 Å². The minimum atomic E-state index is 0.237. The lowest BCUT2D eigenvalue weighted by Crippen LogP contribution is -2.19. The molecule has 0 amide bonds. The Labute approximate surface area is 115 Å². The van der Waals surface area contributed by atoms with E-state index in [1.165, 1.54) is 10.3 Å². The van der Waals surface area contributed by atoms with Gasteiger partial charge in [0.05, 0.1) is 15.9 Å². The molecule has 0 fully saturated rings. The molecule has 0 spiro atoms. The molecule has 96 valence electrons. The largest absolute Gasteiger partial charge is 0.304 e. The molecule has 0 radical (unpaired) electrons. The fourth-order valence-electron chi connectivity index (χ4n) is 1.90. The number of rotatable bonds is 4. The first-order chi connectivity index (χ1) is 9.33. The average Bonchev–Trinajstić information content (AvgIpc) is 2.93. The number of thiophene rings is 1. The highest BCUT2D eigenvalue weighted by Gasteiger charge is 2.07. The van der Waals surface area contributed by atoms with E-state index in [4.69, 9.17) is 0 Å². The zero-order valence-electron chi connectivity index (χ0n) is 10.6. The van der Waals surface area contributed by atoms with E-state index in [1.54, 1.807) is 17.5 Å². The van der Waals surface area contributed by atoms with Gasteiger partial charge in [-0.3, -0.25) is 4.98 Å². The zero-order valence-corrected chi connectivity index (χ0v) is 11.4. The minimum Gasteiger partial charge on any atom is -0.304 e. The Kier molecular flexibility index (Phi) is 3.48. The van der Waals surface area contributed by atoms with E-state index in [0.29, 0.717) is 6.54 Å². The van der Waals surface area contributed by atoms with Gasteiger partial charge in [0.1, 0.15) is 0 Å². The van der Waals surface area contributed by atoms with Crippen LogP contribution in [0.1, 0.15) is 24.2 Å². The third-order valence-corrected chi connectivity index (χ3v) is 3.89. The summed E-state index contributed by atoms with van der Waals surface area (Å²) in [6.07, 6.45) is 3.62. The van der Waals surface area contributed by atoms with Gasteiger partial charge >= 0.3 is 0 Å². The Morgan fingerprint density at radius 3 is 3.16 bits per heavy atom. The van der Waals surface area contributed by atoms with Crippen LogP contribution in [0.15, 0.2) is 42.0 Å². The van der Waals surface area contributed by atoms with Gasteiger partial charge in [-0.2, -0.15) is 10.2 Å². The quantitative estimate of drug-likeness (QED) is 0.792. The van der Waals surface area contributed by atoms with Crippen molar-refractivity contribution >= 4 is 21.6 Å². The van der Waals surface area contributed by atoms with Gasteiger partial charge in [-0.25, -0.2) is 0 Å². The molecule has 3 aromatic rings. The molecule has 5 heteroatoms. The maximum Gasteiger partial charge on any atom is 0.0809 e. The highest BCUT2D eigenvalue weighted by molar-refractivity contribution is 7.17. The normalized spacial score (nSPS) is 12.7. The molecule has 0 aliphatic rings. The van der Waals surface area contributed by atoms with E-state index in [-0.39, 0.29) is 6.04 Å². The number of nitrogens with one attached hydrogen (secondary N) is 1. The lowest BCUT2D eigenvalue weighted by Gasteiger charge is -2.13. The number of hydrogen-bond acceptors (Lipinski definition) is 5. The summed E-state index contributed by atoms with van der Waals surface area (Å²) in [4.78, 5) is 4.46. The number of fused-ring (bicyclic) bond motifs is 1. The van der Waals surface area contributed by atoms with Crippen molar-refractivity contribution in [3.05, 3.63) is 53.3 Å². The van der Waals surface area contributed by atoms with Crippen molar-refractivity contribution in [1.82, 2.24) is 20.5 Å². The van der Waals surface area contributed by atoms with Crippen molar-refractivity contribution in [3.8, 4) is 0 Å². The number of pyridine rings is 1. The van der Waals surface area contributed by atoms with Crippen LogP contribution in [0.4, 0.5) is 0 Å². The summed E-state index contributed by atoms with van der Waals surface area (Å²) in [5, 5.41) is 13.4. The van der Waals surface area contributed by atoms with E-state index in [9.17, 15) is 0 Å². The van der Waals surface area contributed by atoms with Gasteiger partial charge in [0.15, 0.2) is 0 Å². The molecule has 1 atom stereocenters. The van der Waals surface area contributed by atoms with E-state index in [2.05, 4.69) is 38.9 Å². The maximum absolute atomic E-state index is 4.46. The van der Waals surface area contributed by atoms with Crippen molar-refractivity contribution in [3.63, 3.8) is 0 Å². The fraction of sp³-hybridized carbons (Fsp3) is 0.214. The van der Waals surface area contributed by atoms with Crippen LogP contribution in [0.3, 0.4) is 0 Å². The average molecular weight is 270 g/mol. The molecule has 0 aromatic carbocycles. The second-order valence-corrected chi connectivity index (χ2v) is 5.34. The Bertz CT molecular complexity index is 665. The highest BCUT2D eigenvalue weighted by atomic mass is 32.1. The second-order valence-electron chi connectivity index (χ2n) is 4.39. The van der Waals surface area contributed by atoms with Crippen LogP contribution in [0, 0.1) is 0 Å². The van der Waals surface area contributed by atoms with E-state index in [0.717, 1.165) is 11.2 Å². The summed E-state index contributed by atoms with van der Waals surface area (Å²) in [5.74, 6) is 0. The van der Waals surface area contributed by atoms with Gasteiger partial charge in [-0.1, -0.05) is 0 Å². The number of hydrogen-bond donors (Lipinski definition) is 1. The van der Waals surface area contributed by atoms with Crippen LogP contribution < -0.4 is 5.32 Å². The molecule has 4 nitrogen and oxygen atoms in total. The molecule has 1 unspecified atom stereocenters. The Morgan fingerprint density at radius 1 is 1.37 bits per heavy atom. The van der Waals surface area contributed by atoms with Crippen molar-refractivity contribution in [2.45, 2.75) is 19.5 Å². The standard InChI is InChI=1S/C14H14N4S/c1-10(15-9-12-3-2-5-17-18-12)11-7-14-13(16-8-11)4-6-19-14/h2-8,10,15H,9H2,1H3. The van der Waals surface area contributed by atoms with Crippen LogP contribution in [0.5, 0.6) is 0 Å². The molecule has 3 heterocycles. The predicted molar refractivity (Wildman–Crippen MR) is 76.9 cm³/mol. The Morgan fingerprint density at radius 2 is 2.32 bits per heavy atom. The van der Waals surface area contributed by atoms with Gasteiger partial charge in [0.25, 0.3) is 0 Å². The first-order valence-corrected chi connectivity index (χ1v) is 7.04. The predicted octanol–water partition coefficient (Wildman–Crippen LogP) is 2.94. The van der Waals surface area contributed by atoms with E-state index in [1.807, 2.05) is 24.4 Å². The number of nitrogens with zero attached hydrogens (tertiary/aromatic N) is 3. The molecular formula is C14H14N4S. The maximum atomic E-state index is 4.46. The van der Waals surface area contributed by atoms with Gasteiger partial charge in [0, 0.05) is 25.0 Å². The minimum absolute atomic E-state index is 0.237. The topological polar surface area (TPSA) is 50.7 Å². The molecular weight excluding hydrogens is 256 g/mol. The lowest BCUT2D eigenvalue weighted by atomic mass is 10.1. The molecule has 0 bridgehead atoms. The first-order valence-electron chi connectivity index (χ1n) is 6.16. The summed E-state index contributed by atoms with van der Waals surface area (Å²) in [5.41, 5.74) is 3.20. The molecule has 0 saturated heterocycles.